The quantitative estimate of drug-likeness (QED) is 0.943. The molecule has 112 valence electrons. The van der Waals surface area contributed by atoms with Gasteiger partial charge in [0, 0.05) is 6.20 Å². The van der Waals surface area contributed by atoms with E-state index in [1.165, 1.54) is 0 Å². The van der Waals surface area contributed by atoms with Crippen LogP contribution in [0.1, 0.15) is 16.7 Å². The van der Waals surface area contributed by atoms with Crippen LogP contribution in [0.2, 0.25) is 0 Å². The van der Waals surface area contributed by atoms with Crippen molar-refractivity contribution in [3.63, 3.8) is 0 Å². The van der Waals surface area contributed by atoms with Crippen LogP contribution in [0.4, 0.5) is 5.82 Å². The molecule has 2 rings (SSSR count). The van der Waals surface area contributed by atoms with Crippen LogP contribution in [0.5, 0.6) is 5.75 Å². The zero-order valence-corrected chi connectivity index (χ0v) is 13.3. The van der Waals surface area contributed by atoms with Crippen molar-refractivity contribution in [2.24, 2.45) is 0 Å². The van der Waals surface area contributed by atoms with Crippen LogP contribution in [0.25, 0.3) is 0 Å². The lowest BCUT2D eigenvalue weighted by atomic mass is 10.1. The molecule has 6 heteroatoms. The maximum atomic E-state index is 12.5. The summed E-state index contributed by atoms with van der Waals surface area (Å²) in [5.41, 5.74) is 2.23. The number of sulfonamides is 1. The molecule has 0 saturated carbocycles. The number of hydrogen-bond donors (Lipinski definition) is 1. The number of benzene rings is 1. The number of aryl methyl sites for hydroxylation is 1. The summed E-state index contributed by atoms with van der Waals surface area (Å²) in [5.74, 6) is 1.01. The van der Waals surface area contributed by atoms with Crippen LogP contribution in [0, 0.1) is 20.8 Å². The van der Waals surface area contributed by atoms with Gasteiger partial charge in [-0.25, -0.2) is 13.4 Å². The highest BCUT2D eigenvalue weighted by molar-refractivity contribution is 7.92. The number of nitrogens with zero attached hydrogens (tertiary/aromatic N) is 1. The summed E-state index contributed by atoms with van der Waals surface area (Å²) in [7, 11) is -2.12. The van der Waals surface area contributed by atoms with Crippen molar-refractivity contribution < 1.29 is 13.2 Å². The van der Waals surface area contributed by atoms with E-state index in [-0.39, 0.29) is 4.90 Å². The molecule has 0 amide bonds. The van der Waals surface area contributed by atoms with Gasteiger partial charge in [0.1, 0.15) is 11.6 Å². The molecule has 0 radical (unpaired) electrons. The summed E-state index contributed by atoms with van der Waals surface area (Å²) in [6.45, 7) is 5.40. The monoisotopic (exact) mass is 306 g/mol. The fraction of sp³-hybridized carbons (Fsp3) is 0.267. The normalized spacial score (nSPS) is 11.2. The first-order valence-corrected chi connectivity index (χ1v) is 7.93. The van der Waals surface area contributed by atoms with E-state index in [4.69, 9.17) is 4.74 Å². The Morgan fingerprint density at radius 1 is 1.10 bits per heavy atom. The van der Waals surface area contributed by atoms with Gasteiger partial charge in [-0.15, -0.1) is 0 Å². The molecular weight excluding hydrogens is 288 g/mol. The summed E-state index contributed by atoms with van der Waals surface area (Å²) in [6.07, 6.45) is 1.55. The summed E-state index contributed by atoms with van der Waals surface area (Å²) in [6, 6.07) is 6.76. The van der Waals surface area contributed by atoms with E-state index < -0.39 is 10.0 Å². The summed E-state index contributed by atoms with van der Waals surface area (Å²) < 4.78 is 32.8. The Hall–Kier alpha value is -2.08. The molecule has 0 aliphatic heterocycles. The number of pyridine rings is 1. The van der Waals surface area contributed by atoms with Gasteiger partial charge in [0.25, 0.3) is 10.0 Å². The van der Waals surface area contributed by atoms with Gasteiger partial charge in [0.2, 0.25) is 0 Å². The number of aromatic nitrogens is 1. The lowest BCUT2D eigenvalue weighted by molar-refractivity contribution is 0.411. The zero-order chi connectivity index (χ0) is 15.6. The fourth-order valence-corrected chi connectivity index (χ4v) is 3.44. The highest BCUT2D eigenvalue weighted by Gasteiger charge is 2.20. The minimum Gasteiger partial charge on any atom is -0.496 e. The van der Waals surface area contributed by atoms with E-state index in [0.717, 1.165) is 11.1 Å². The van der Waals surface area contributed by atoms with Crippen LogP contribution in [0.15, 0.2) is 35.4 Å². The number of anilines is 1. The number of methoxy groups -OCH3 is 1. The third-order valence-electron chi connectivity index (χ3n) is 3.44. The van der Waals surface area contributed by atoms with E-state index >= 15 is 0 Å². The Labute approximate surface area is 125 Å². The van der Waals surface area contributed by atoms with Gasteiger partial charge in [-0.05, 0) is 55.7 Å². The van der Waals surface area contributed by atoms with Crippen molar-refractivity contribution in [2.45, 2.75) is 25.7 Å². The first kappa shape index (κ1) is 15.3. The minimum absolute atomic E-state index is 0.228. The fourth-order valence-electron chi connectivity index (χ4n) is 2.06. The van der Waals surface area contributed by atoms with Crippen molar-refractivity contribution in [3.05, 3.63) is 47.2 Å². The second kappa shape index (κ2) is 5.73. The molecule has 0 spiro atoms. The van der Waals surface area contributed by atoms with E-state index in [9.17, 15) is 8.42 Å². The van der Waals surface area contributed by atoms with Crippen LogP contribution >= 0.6 is 0 Å². The Morgan fingerprint density at radius 3 is 2.43 bits per heavy atom. The number of ether oxygens (including phenoxy) is 1. The predicted molar refractivity (Wildman–Crippen MR) is 82.3 cm³/mol. The molecule has 0 atom stereocenters. The molecule has 5 nitrogen and oxygen atoms in total. The first-order valence-electron chi connectivity index (χ1n) is 6.45. The Bertz CT molecular complexity index is 770. The van der Waals surface area contributed by atoms with Gasteiger partial charge < -0.3 is 4.74 Å². The Kier molecular flexibility index (Phi) is 4.18. The summed E-state index contributed by atoms with van der Waals surface area (Å²) in [4.78, 5) is 4.29. The van der Waals surface area contributed by atoms with Crippen molar-refractivity contribution >= 4 is 15.8 Å². The molecule has 1 aromatic heterocycles. The Balaban J connectivity index is 2.46. The molecule has 0 unspecified atom stereocenters. The van der Waals surface area contributed by atoms with Gasteiger partial charge >= 0.3 is 0 Å². The molecule has 0 bridgehead atoms. The molecule has 21 heavy (non-hydrogen) atoms. The first-order chi connectivity index (χ1) is 9.86. The molecule has 0 fully saturated rings. The molecular formula is C15H18N2O3S. The third kappa shape index (κ3) is 3.00. The predicted octanol–water partition coefficient (Wildman–Crippen LogP) is 2.82. The minimum atomic E-state index is -3.68. The second-order valence-corrected chi connectivity index (χ2v) is 6.44. The average Bonchev–Trinajstić information content (AvgIpc) is 2.44. The number of nitrogens with one attached hydrogen (secondary N) is 1. The smallest absolute Gasteiger partial charge is 0.263 e. The highest BCUT2D eigenvalue weighted by Crippen LogP contribution is 2.28. The largest absolute Gasteiger partial charge is 0.496 e. The third-order valence-corrected chi connectivity index (χ3v) is 4.92. The molecule has 1 aromatic carbocycles. The van der Waals surface area contributed by atoms with Gasteiger partial charge in [-0.1, -0.05) is 6.07 Å². The molecule has 0 aliphatic carbocycles. The van der Waals surface area contributed by atoms with Crippen molar-refractivity contribution in [1.29, 1.82) is 0 Å². The maximum absolute atomic E-state index is 12.5. The zero-order valence-electron chi connectivity index (χ0n) is 12.5. The van der Waals surface area contributed by atoms with Crippen molar-refractivity contribution in [3.8, 4) is 5.75 Å². The van der Waals surface area contributed by atoms with E-state index in [1.54, 1.807) is 51.4 Å². The van der Waals surface area contributed by atoms with Crippen LogP contribution in [-0.4, -0.2) is 20.5 Å². The molecule has 1 N–H and O–H groups in total. The van der Waals surface area contributed by atoms with E-state index in [1.807, 2.05) is 6.92 Å². The molecule has 0 aliphatic rings. The summed E-state index contributed by atoms with van der Waals surface area (Å²) >= 11 is 0. The summed E-state index contributed by atoms with van der Waals surface area (Å²) in [5, 5.41) is 0. The van der Waals surface area contributed by atoms with Gasteiger partial charge in [-0.2, -0.15) is 0 Å². The SMILES string of the molecule is COc1ccc(S(=O)(=O)Nc2ncccc2C)c(C)c1C. The molecule has 1 heterocycles. The lowest BCUT2D eigenvalue weighted by Gasteiger charge is -2.14. The topological polar surface area (TPSA) is 68.3 Å². The van der Waals surface area contributed by atoms with E-state index in [2.05, 4.69) is 9.71 Å². The second-order valence-electron chi connectivity index (χ2n) is 4.79. The standard InChI is InChI=1S/C15H18N2O3S/c1-10-6-5-9-16-15(10)17-21(18,19)14-8-7-13(20-4)11(2)12(14)3/h5-9H,1-4H3,(H,16,17). The molecule has 0 saturated heterocycles. The Morgan fingerprint density at radius 2 is 1.81 bits per heavy atom. The molecule has 2 aromatic rings. The van der Waals surface area contributed by atoms with Crippen LogP contribution < -0.4 is 9.46 Å². The van der Waals surface area contributed by atoms with Crippen molar-refractivity contribution in [2.75, 3.05) is 11.8 Å². The van der Waals surface area contributed by atoms with E-state index in [0.29, 0.717) is 17.1 Å². The van der Waals surface area contributed by atoms with Crippen molar-refractivity contribution in [1.82, 2.24) is 4.98 Å². The van der Waals surface area contributed by atoms with Gasteiger partial charge in [-0.3, -0.25) is 4.72 Å². The van der Waals surface area contributed by atoms with Crippen LogP contribution in [0.3, 0.4) is 0 Å². The van der Waals surface area contributed by atoms with Gasteiger partial charge in [0.05, 0.1) is 12.0 Å². The van der Waals surface area contributed by atoms with Crippen LogP contribution in [-0.2, 0) is 10.0 Å². The van der Waals surface area contributed by atoms with Gasteiger partial charge in [0.15, 0.2) is 0 Å². The number of rotatable bonds is 4. The maximum Gasteiger partial charge on any atom is 0.263 e. The number of hydrogen-bond acceptors (Lipinski definition) is 4. The highest BCUT2D eigenvalue weighted by atomic mass is 32.2. The average molecular weight is 306 g/mol. The lowest BCUT2D eigenvalue weighted by Crippen LogP contribution is -2.16.